The maximum Gasteiger partial charge on any atom is 0.236 e. The van der Waals surface area contributed by atoms with Crippen LogP contribution in [0.5, 0.6) is 0 Å². The van der Waals surface area contributed by atoms with E-state index in [1.807, 2.05) is 30.1 Å². The normalized spacial score (nSPS) is 16.5. The molecule has 0 aromatic heterocycles. The maximum absolute atomic E-state index is 12.3. The largest absolute Gasteiger partial charge is 0.339 e. The Morgan fingerprint density at radius 1 is 1.12 bits per heavy atom. The number of sulfonamides is 1. The van der Waals surface area contributed by atoms with Crippen molar-refractivity contribution in [1.29, 1.82) is 0 Å². The second kappa shape index (κ2) is 8.60. The van der Waals surface area contributed by atoms with E-state index in [0.29, 0.717) is 32.7 Å². The van der Waals surface area contributed by atoms with Gasteiger partial charge in [0.1, 0.15) is 0 Å². The van der Waals surface area contributed by atoms with E-state index in [4.69, 9.17) is 0 Å². The molecule has 1 saturated heterocycles. The Morgan fingerprint density at radius 2 is 1.75 bits per heavy atom. The number of carbonyl (C=O) groups excluding carboxylic acids is 1. The van der Waals surface area contributed by atoms with Crippen LogP contribution in [0.4, 0.5) is 0 Å². The first-order chi connectivity index (χ1) is 11.4. The number of piperazine rings is 1. The average Bonchev–Trinajstić information content (AvgIpc) is 2.55. The molecule has 0 N–H and O–H groups in total. The number of benzene rings is 1. The molecule has 0 saturated carbocycles. The van der Waals surface area contributed by atoms with Crippen molar-refractivity contribution in [2.75, 3.05) is 52.6 Å². The van der Waals surface area contributed by atoms with E-state index in [2.05, 4.69) is 12.1 Å². The molecule has 1 amide bonds. The number of aryl methyl sites for hydroxylation is 1. The van der Waals surface area contributed by atoms with Crippen molar-refractivity contribution in [2.45, 2.75) is 12.8 Å². The molecule has 0 aliphatic carbocycles. The van der Waals surface area contributed by atoms with Crippen LogP contribution in [0.3, 0.4) is 0 Å². The highest BCUT2D eigenvalue weighted by molar-refractivity contribution is 7.88. The van der Waals surface area contributed by atoms with E-state index in [1.165, 1.54) is 16.1 Å². The molecule has 1 aliphatic heterocycles. The molecule has 0 spiro atoms. The van der Waals surface area contributed by atoms with E-state index in [1.54, 1.807) is 4.90 Å². The van der Waals surface area contributed by atoms with E-state index < -0.39 is 10.0 Å². The Labute approximate surface area is 145 Å². The van der Waals surface area contributed by atoms with Crippen LogP contribution in [0, 0.1) is 0 Å². The van der Waals surface area contributed by atoms with Crippen LogP contribution in [0.2, 0.25) is 0 Å². The van der Waals surface area contributed by atoms with Gasteiger partial charge in [0.2, 0.25) is 15.9 Å². The Hall–Kier alpha value is -1.44. The number of likely N-dealkylation sites (N-methyl/N-ethyl adjacent to an activating group) is 1. The fraction of sp³-hybridized carbons (Fsp3) is 0.588. The van der Waals surface area contributed by atoms with Gasteiger partial charge >= 0.3 is 0 Å². The summed E-state index contributed by atoms with van der Waals surface area (Å²) >= 11 is 0. The van der Waals surface area contributed by atoms with E-state index in [0.717, 1.165) is 19.4 Å². The van der Waals surface area contributed by atoms with Gasteiger partial charge in [0, 0.05) is 26.2 Å². The third kappa shape index (κ3) is 5.89. The van der Waals surface area contributed by atoms with Crippen molar-refractivity contribution in [3.8, 4) is 0 Å². The summed E-state index contributed by atoms with van der Waals surface area (Å²) in [7, 11) is -1.20. The molecule has 1 heterocycles. The molecule has 2 rings (SSSR count). The molecule has 0 radical (unpaired) electrons. The van der Waals surface area contributed by atoms with E-state index in [-0.39, 0.29) is 5.91 Å². The monoisotopic (exact) mass is 353 g/mol. The molecular weight excluding hydrogens is 326 g/mol. The van der Waals surface area contributed by atoms with E-state index >= 15 is 0 Å². The number of carbonyl (C=O) groups is 1. The summed E-state index contributed by atoms with van der Waals surface area (Å²) < 4.78 is 24.4. The fourth-order valence-electron chi connectivity index (χ4n) is 2.88. The SMILES string of the molecule is CN(CCCc1ccccc1)CC(=O)N1CCN(S(C)(=O)=O)CC1. The number of hydrogen-bond acceptors (Lipinski definition) is 4. The van der Waals surface area contributed by atoms with Gasteiger partial charge in [0.05, 0.1) is 12.8 Å². The quantitative estimate of drug-likeness (QED) is 0.722. The van der Waals surface area contributed by atoms with Gasteiger partial charge in [0.25, 0.3) is 0 Å². The second-order valence-corrected chi connectivity index (χ2v) is 8.35. The summed E-state index contributed by atoms with van der Waals surface area (Å²) in [6, 6.07) is 10.3. The van der Waals surface area contributed by atoms with Crippen LogP contribution in [0.25, 0.3) is 0 Å². The van der Waals surface area contributed by atoms with Crippen molar-refractivity contribution >= 4 is 15.9 Å². The van der Waals surface area contributed by atoms with Crippen molar-refractivity contribution in [1.82, 2.24) is 14.1 Å². The first-order valence-corrected chi connectivity index (χ1v) is 10.2. The highest BCUT2D eigenvalue weighted by atomic mass is 32.2. The lowest BCUT2D eigenvalue weighted by Crippen LogP contribution is -2.52. The van der Waals surface area contributed by atoms with Gasteiger partial charge < -0.3 is 4.90 Å². The molecule has 1 aliphatic rings. The van der Waals surface area contributed by atoms with Crippen molar-refractivity contribution in [3.05, 3.63) is 35.9 Å². The number of amides is 1. The Kier molecular flexibility index (Phi) is 6.77. The minimum atomic E-state index is -3.15. The third-order valence-electron chi connectivity index (χ3n) is 4.31. The van der Waals surface area contributed by atoms with E-state index in [9.17, 15) is 13.2 Å². The highest BCUT2D eigenvalue weighted by Crippen LogP contribution is 2.07. The summed E-state index contributed by atoms with van der Waals surface area (Å²) in [4.78, 5) is 16.1. The summed E-state index contributed by atoms with van der Waals surface area (Å²) in [6.45, 7) is 2.98. The fourth-order valence-corrected chi connectivity index (χ4v) is 3.70. The summed E-state index contributed by atoms with van der Waals surface area (Å²) in [6.07, 6.45) is 3.23. The third-order valence-corrected chi connectivity index (χ3v) is 5.62. The smallest absolute Gasteiger partial charge is 0.236 e. The van der Waals surface area contributed by atoms with Crippen LogP contribution < -0.4 is 0 Å². The van der Waals surface area contributed by atoms with Crippen LogP contribution in [-0.2, 0) is 21.2 Å². The Morgan fingerprint density at radius 3 is 2.33 bits per heavy atom. The lowest BCUT2D eigenvalue weighted by molar-refractivity contribution is -0.133. The zero-order chi connectivity index (χ0) is 17.6. The van der Waals surface area contributed by atoms with Gasteiger partial charge in [-0.2, -0.15) is 4.31 Å². The van der Waals surface area contributed by atoms with Crippen LogP contribution in [0.15, 0.2) is 30.3 Å². The van der Waals surface area contributed by atoms with Crippen LogP contribution in [0.1, 0.15) is 12.0 Å². The lowest BCUT2D eigenvalue weighted by Gasteiger charge is -2.34. The predicted octanol–water partition coefficient (Wildman–Crippen LogP) is 0.655. The van der Waals surface area contributed by atoms with Gasteiger partial charge in [-0.1, -0.05) is 30.3 Å². The van der Waals surface area contributed by atoms with Crippen molar-refractivity contribution in [2.24, 2.45) is 0 Å². The lowest BCUT2D eigenvalue weighted by atomic mass is 10.1. The molecular formula is C17H27N3O3S. The molecule has 0 bridgehead atoms. The molecule has 0 unspecified atom stereocenters. The zero-order valence-corrected chi connectivity index (χ0v) is 15.3. The number of rotatable bonds is 7. The van der Waals surface area contributed by atoms with Crippen molar-refractivity contribution in [3.63, 3.8) is 0 Å². The second-order valence-electron chi connectivity index (χ2n) is 6.37. The molecule has 1 aromatic rings. The average molecular weight is 353 g/mol. The molecule has 134 valence electrons. The highest BCUT2D eigenvalue weighted by Gasteiger charge is 2.26. The van der Waals surface area contributed by atoms with Crippen LogP contribution in [-0.4, -0.2) is 81.0 Å². The van der Waals surface area contributed by atoms with Crippen molar-refractivity contribution < 1.29 is 13.2 Å². The molecule has 0 atom stereocenters. The molecule has 1 aromatic carbocycles. The Balaban J connectivity index is 1.68. The summed E-state index contributed by atoms with van der Waals surface area (Å²) in [5.41, 5.74) is 1.31. The first-order valence-electron chi connectivity index (χ1n) is 8.31. The molecule has 1 fully saturated rings. The molecule has 24 heavy (non-hydrogen) atoms. The van der Waals surface area contributed by atoms with Gasteiger partial charge in [-0.05, 0) is 32.0 Å². The standard InChI is InChI=1S/C17H27N3O3S/c1-18(10-6-9-16-7-4-3-5-8-16)15-17(21)19-11-13-20(14-12-19)24(2,22)23/h3-5,7-8H,6,9-15H2,1-2H3. The van der Waals surface area contributed by atoms with Crippen LogP contribution >= 0.6 is 0 Å². The summed E-state index contributed by atoms with van der Waals surface area (Å²) in [5.74, 6) is 0.0744. The minimum absolute atomic E-state index is 0.0744. The molecule has 7 heteroatoms. The zero-order valence-electron chi connectivity index (χ0n) is 14.5. The number of nitrogens with zero attached hydrogens (tertiary/aromatic N) is 3. The Bertz CT molecular complexity index is 626. The predicted molar refractivity (Wildman–Crippen MR) is 95.3 cm³/mol. The first kappa shape index (κ1) is 18.9. The minimum Gasteiger partial charge on any atom is -0.339 e. The summed E-state index contributed by atoms with van der Waals surface area (Å²) in [5, 5.41) is 0. The maximum atomic E-state index is 12.3. The topological polar surface area (TPSA) is 60.9 Å². The van der Waals surface area contributed by atoms with Gasteiger partial charge in [-0.3, -0.25) is 9.69 Å². The number of hydrogen-bond donors (Lipinski definition) is 0. The van der Waals surface area contributed by atoms with Gasteiger partial charge in [-0.25, -0.2) is 8.42 Å². The molecule has 6 nitrogen and oxygen atoms in total. The van der Waals surface area contributed by atoms with Gasteiger partial charge in [-0.15, -0.1) is 0 Å². The van der Waals surface area contributed by atoms with Gasteiger partial charge in [0.15, 0.2) is 0 Å².